The molecule has 158 valence electrons. The van der Waals surface area contributed by atoms with E-state index in [0.29, 0.717) is 23.0 Å². The number of nitro benzene ring substituents is 1. The molecule has 4 rings (SSSR count). The van der Waals surface area contributed by atoms with Gasteiger partial charge in [0, 0.05) is 48.7 Å². The van der Waals surface area contributed by atoms with Crippen LogP contribution in [-0.2, 0) is 0 Å². The van der Waals surface area contributed by atoms with Gasteiger partial charge >= 0.3 is 0 Å². The van der Waals surface area contributed by atoms with Crippen LogP contribution in [0.2, 0.25) is 0 Å². The molecule has 1 amide bonds. The molecule has 30 heavy (non-hydrogen) atoms. The maximum absolute atomic E-state index is 12.7. The summed E-state index contributed by atoms with van der Waals surface area (Å²) >= 11 is 0. The van der Waals surface area contributed by atoms with Crippen LogP contribution in [0.3, 0.4) is 0 Å². The molecule has 0 spiro atoms. The van der Waals surface area contributed by atoms with Gasteiger partial charge in [0.1, 0.15) is 5.69 Å². The summed E-state index contributed by atoms with van der Waals surface area (Å²) in [5.41, 5.74) is 2.71. The van der Waals surface area contributed by atoms with Gasteiger partial charge in [0.2, 0.25) is 0 Å². The van der Waals surface area contributed by atoms with Crippen LogP contribution >= 0.6 is 0 Å². The van der Waals surface area contributed by atoms with Crippen LogP contribution in [0.1, 0.15) is 49.4 Å². The molecule has 0 aliphatic carbocycles. The lowest BCUT2D eigenvalue weighted by molar-refractivity contribution is -0.384. The number of hydrogen-bond donors (Lipinski definition) is 1. The van der Waals surface area contributed by atoms with Gasteiger partial charge in [0.25, 0.3) is 11.6 Å². The number of piperidine rings is 1. The van der Waals surface area contributed by atoms with Crippen LogP contribution in [-0.4, -0.2) is 36.5 Å². The molecule has 1 atom stereocenters. The highest BCUT2D eigenvalue weighted by Crippen LogP contribution is 2.32. The van der Waals surface area contributed by atoms with Crippen molar-refractivity contribution in [2.75, 3.05) is 34.8 Å². The van der Waals surface area contributed by atoms with Crippen molar-refractivity contribution in [3.05, 3.63) is 58.1 Å². The van der Waals surface area contributed by atoms with Crippen LogP contribution in [0.4, 0.5) is 22.7 Å². The van der Waals surface area contributed by atoms with Crippen molar-refractivity contribution < 1.29 is 9.72 Å². The third-order valence-electron chi connectivity index (χ3n) is 6.14. The second-order valence-corrected chi connectivity index (χ2v) is 8.19. The second-order valence-electron chi connectivity index (χ2n) is 8.19. The van der Waals surface area contributed by atoms with E-state index >= 15 is 0 Å². The third kappa shape index (κ3) is 4.25. The third-order valence-corrected chi connectivity index (χ3v) is 6.14. The molecule has 0 saturated carbocycles. The fourth-order valence-electron chi connectivity index (χ4n) is 4.46. The average Bonchev–Trinajstić information content (AvgIpc) is 3.29. The first kappa shape index (κ1) is 20.2. The molecule has 1 N–H and O–H groups in total. The second kappa shape index (κ2) is 8.73. The molecule has 0 aromatic heterocycles. The van der Waals surface area contributed by atoms with Crippen LogP contribution < -0.4 is 15.1 Å². The van der Waals surface area contributed by atoms with Gasteiger partial charge < -0.3 is 15.1 Å². The first-order chi connectivity index (χ1) is 14.5. The molecule has 7 heteroatoms. The summed E-state index contributed by atoms with van der Waals surface area (Å²) in [5.74, 6) is -0.342. The van der Waals surface area contributed by atoms with Gasteiger partial charge in [-0.2, -0.15) is 0 Å². The van der Waals surface area contributed by atoms with Crippen molar-refractivity contribution in [2.24, 2.45) is 0 Å². The van der Waals surface area contributed by atoms with E-state index in [4.69, 9.17) is 0 Å². The summed E-state index contributed by atoms with van der Waals surface area (Å²) in [6, 6.07) is 13.1. The van der Waals surface area contributed by atoms with Gasteiger partial charge in [-0.3, -0.25) is 14.9 Å². The zero-order chi connectivity index (χ0) is 21.1. The lowest BCUT2D eigenvalue weighted by Crippen LogP contribution is -2.37. The van der Waals surface area contributed by atoms with Crippen LogP contribution in [0.25, 0.3) is 0 Å². The highest BCUT2D eigenvalue weighted by Gasteiger charge is 2.24. The molecular formula is C23H28N4O3. The molecule has 2 aliphatic rings. The molecular weight excluding hydrogens is 380 g/mol. The largest absolute Gasteiger partial charge is 0.369 e. The lowest BCUT2D eigenvalue weighted by Gasteiger charge is -2.35. The SMILES string of the molecule is C[C@@H]1CCCCN1c1ccc(NC(=O)c2ccc(N3CCCC3)c([N+](=O)[O-])c2)cc1. The van der Waals surface area contributed by atoms with E-state index in [1.54, 1.807) is 12.1 Å². The number of nitrogens with one attached hydrogen (secondary N) is 1. The van der Waals surface area contributed by atoms with E-state index in [1.165, 1.54) is 25.3 Å². The molecule has 2 aromatic rings. The number of carbonyl (C=O) groups is 1. The van der Waals surface area contributed by atoms with E-state index in [9.17, 15) is 14.9 Å². The van der Waals surface area contributed by atoms with Crippen molar-refractivity contribution in [1.82, 2.24) is 0 Å². The smallest absolute Gasteiger partial charge is 0.293 e. The first-order valence-corrected chi connectivity index (χ1v) is 10.7. The topological polar surface area (TPSA) is 78.7 Å². The van der Waals surface area contributed by atoms with Crippen molar-refractivity contribution >= 4 is 28.7 Å². The Morgan fingerprint density at radius 3 is 2.40 bits per heavy atom. The molecule has 0 bridgehead atoms. The van der Waals surface area contributed by atoms with E-state index in [2.05, 4.69) is 17.1 Å². The number of anilines is 3. The molecule has 7 nitrogen and oxygen atoms in total. The molecule has 2 aliphatic heterocycles. The Bertz CT molecular complexity index is 923. The highest BCUT2D eigenvalue weighted by atomic mass is 16.6. The monoisotopic (exact) mass is 408 g/mol. The van der Waals surface area contributed by atoms with E-state index < -0.39 is 4.92 Å². The zero-order valence-electron chi connectivity index (χ0n) is 17.3. The van der Waals surface area contributed by atoms with E-state index in [-0.39, 0.29) is 11.6 Å². The van der Waals surface area contributed by atoms with E-state index in [1.807, 2.05) is 29.2 Å². The average molecular weight is 409 g/mol. The number of rotatable bonds is 5. The molecule has 0 radical (unpaired) electrons. The number of nitrogens with zero attached hydrogens (tertiary/aromatic N) is 3. The summed E-state index contributed by atoms with van der Waals surface area (Å²) in [5, 5.41) is 14.4. The maximum Gasteiger partial charge on any atom is 0.293 e. The number of nitro groups is 1. The van der Waals surface area contributed by atoms with Crippen molar-refractivity contribution in [1.29, 1.82) is 0 Å². The number of amides is 1. The Balaban J connectivity index is 1.48. The Labute approximate surface area is 176 Å². The summed E-state index contributed by atoms with van der Waals surface area (Å²) in [6.45, 7) is 4.93. The van der Waals surface area contributed by atoms with Crippen LogP contribution in [0, 0.1) is 10.1 Å². The molecule has 2 heterocycles. The zero-order valence-corrected chi connectivity index (χ0v) is 17.3. The molecule has 2 aromatic carbocycles. The Morgan fingerprint density at radius 2 is 1.73 bits per heavy atom. The lowest BCUT2D eigenvalue weighted by atomic mass is 10.0. The Hall–Kier alpha value is -3.09. The van der Waals surface area contributed by atoms with Crippen molar-refractivity contribution in [3.63, 3.8) is 0 Å². The normalized spacial score (nSPS) is 19.0. The van der Waals surface area contributed by atoms with Crippen LogP contribution in [0.5, 0.6) is 0 Å². The minimum atomic E-state index is -0.404. The highest BCUT2D eigenvalue weighted by molar-refractivity contribution is 6.05. The number of carbonyl (C=O) groups excluding carboxylic acids is 1. The quantitative estimate of drug-likeness (QED) is 0.566. The summed E-state index contributed by atoms with van der Waals surface area (Å²) in [4.78, 5) is 28.3. The van der Waals surface area contributed by atoms with Gasteiger partial charge in [0.05, 0.1) is 4.92 Å². The maximum atomic E-state index is 12.7. The number of hydrogen-bond acceptors (Lipinski definition) is 5. The fourth-order valence-corrected chi connectivity index (χ4v) is 4.46. The predicted octanol–water partition coefficient (Wildman–Crippen LogP) is 4.83. The Morgan fingerprint density at radius 1 is 1.03 bits per heavy atom. The van der Waals surface area contributed by atoms with Crippen molar-refractivity contribution in [3.8, 4) is 0 Å². The van der Waals surface area contributed by atoms with Gasteiger partial charge in [-0.15, -0.1) is 0 Å². The van der Waals surface area contributed by atoms with Gasteiger partial charge in [-0.25, -0.2) is 0 Å². The Kier molecular flexibility index (Phi) is 5.88. The standard InChI is InChI=1S/C23H28N4O3/c1-17-6-2-3-15-26(17)20-10-8-19(9-11-20)24-23(28)18-7-12-21(22(16-18)27(29)30)25-13-4-5-14-25/h7-12,16-17H,2-6,13-15H2,1H3,(H,24,28)/t17-/m1/s1. The summed E-state index contributed by atoms with van der Waals surface area (Å²) < 4.78 is 0. The summed E-state index contributed by atoms with van der Waals surface area (Å²) in [6.07, 6.45) is 5.74. The fraction of sp³-hybridized carbons (Fsp3) is 0.435. The minimum Gasteiger partial charge on any atom is -0.369 e. The number of benzene rings is 2. The molecule has 2 fully saturated rings. The van der Waals surface area contributed by atoms with E-state index in [0.717, 1.165) is 38.2 Å². The minimum absolute atomic E-state index is 0.0148. The van der Waals surface area contributed by atoms with Gasteiger partial charge in [-0.05, 0) is 75.4 Å². The van der Waals surface area contributed by atoms with Gasteiger partial charge in [0.15, 0.2) is 0 Å². The first-order valence-electron chi connectivity index (χ1n) is 10.7. The van der Waals surface area contributed by atoms with Crippen molar-refractivity contribution in [2.45, 2.75) is 45.1 Å². The molecule has 0 unspecified atom stereocenters. The summed E-state index contributed by atoms with van der Waals surface area (Å²) in [7, 11) is 0. The molecule has 2 saturated heterocycles. The van der Waals surface area contributed by atoms with Gasteiger partial charge in [-0.1, -0.05) is 0 Å². The van der Waals surface area contributed by atoms with Crippen LogP contribution in [0.15, 0.2) is 42.5 Å². The predicted molar refractivity (Wildman–Crippen MR) is 120 cm³/mol.